The van der Waals surface area contributed by atoms with Crippen molar-refractivity contribution in [1.29, 1.82) is 0 Å². The van der Waals surface area contributed by atoms with Gasteiger partial charge in [-0.05, 0) is 24.6 Å². The van der Waals surface area contributed by atoms with Crippen molar-refractivity contribution in [3.05, 3.63) is 29.3 Å². The Bertz CT molecular complexity index is 640. The molecule has 0 spiro atoms. The number of hydrogen-bond donors (Lipinski definition) is 2. The maximum atomic E-state index is 12.7. The molecule has 1 atom stereocenters. The summed E-state index contributed by atoms with van der Waals surface area (Å²) in [4.78, 5) is 10.1. The minimum Gasteiger partial charge on any atom is -0.481 e. The minimum atomic E-state index is -4.66. The van der Waals surface area contributed by atoms with E-state index in [1.165, 1.54) is 6.92 Å². The van der Waals surface area contributed by atoms with Crippen molar-refractivity contribution in [3.63, 3.8) is 0 Å². The zero-order chi connectivity index (χ0) is 16.4. The van der Waals surface area contributed by atoms with Crippen LogP contribution in [-0.2, 0) is 21.0 Å². The van der Waals surface area contributed by atoms with Crippen LogP contribution in [0.15, 0.2) is 23.1 Å². The average molecular weight is 325 g/mol. The summed E-state index contributed by atoms with van der Waals surface area (Å²) < 4.78 is 64.2. The van der Waals surface area contributed by atoms with Crippen molar-refractivity contribution in [2.24, 2.45) is 5.92 Å². The standard InChI is InChI=1S/C12H14F3NO4S/c1-7(11(17)18)6-16-21(19,20)10-5-3-4-9(8(10)2)12(13,14)15/h3-5,7,16H,6H2,1-2H3,(H,17,18). The molecule has 0 aromatic heterocycles. The third-order valence-electron chi connectivity index (χ3n) is 2.88. The first-order chi connectivity index (χ1) is 9.47. The van der Waals surface area contributed by atoms with Gasteiger partial charge in [0.05, 0.1) is 16.4 Å². The normalized spacial score (nSPS) is 14.0. The summed E-state index contributed by atoms with van der Waals surface area (Å²) in [6.07, 6.45) is -4.66. The van der Waals surface area contributed by atoms with Crippen LogP contribution in [0.5, 0.6) is 0 Å². The van der Waals surface area contributed by atoms with Gasteiger partial charge in [0.1, 0.15) is 0 Å². The fraction of sp³-hybridized carbons (Fsp3) is 0.417. The first-order valence-electron chi connectivity index (χ1n) is 5.86. The monoisotopic (exact) mass is 325 g/mol. The molecule has 5 nitrogen and oxygen atoms in total. The molecule has 21 heavy (non-hydrogen) atoms. The minimum absolute atomic E-state index is 0.409. The van der Waals surface area contributed by atoms with Crippen molar-refractivity contribution < 1.29 is 31.5 Å². The molecule has 1 rings (SSSR count). The van der Waals surface area contributed by atoms with Crippen LogP contribution >= 0.6 is 0 Å². The van der Waals surface area contributed by atoms with Gasteiger partial charge in [-0.1, -0.05) is 13.0 Å². The third-order valence-corrected chi connectivity index (χ3v) is 4.45. The lowest BCUT2D eigenvalue weighted by atomic mass is 10.1. The lowest BCUT2D eigenvalue weighted by Crippen LogP contribution is -2.32. The predicted octanol–water partition coefficient (Wildman–Crippen LogP) is 2.01. The number of carboxylic acids is 1. The molecule has 0 saturated carbocycles. The molecular formula is C12H14F3NO4S. The summed E-state index contributed by atoms with van der Waals surface area (Å²) in [5.74, 6) is -2.20. The summed E-state index contributed by atoms with van der Waals surface area (Å²) in [5, 5.41) is 8.67. The highest BCUT2D eigenvalue weighted by atomic mass is 32.2. The summed E-state index contributed by atoms with van der Waals surface area (Å²) in [6.45, 7) is 1.93. The Hall–Kier alpha value is -1.61. The van der Waals surface area contributed by atoms with Crippen LogP contribution in [0.4, 0.5) is 13.2 Å². The number of rotatable bonds is 5. The fourth-order valence-electron chi connectivity index (χ4n) is 1.61. The van der Waals surface area contributed by atoms with E-state index in [1.54, 1.807) is 0 Å². The maximum absolute atomic E-state index is 12.7. The number of hydrogen-bond acceptors (Lipinski definition) is 3. The molecule has 0 fully saturated rings. The lowest BCUT2D eigenvalue weighted by molar-refractivity contribution is -0.141. The molecule has 0 saturated heterocycles. The van der Waals surface area contributed by atoms with Gasteiger partial charge < -0.3 is 5.11 Å². The third kappa shape index (κ3) is 4.18. The second-order valence-electron chi connectivity index (χ2n) is 4.52. The smallest absolute Gasteiger partial charge is 0.416 e. The highest BCUT2D eigenvalue weighted by Crippen LogP contribution is 2.34. The molecule has 9 heteroatoms. The second kappa shape index (κ2) is 6.02. The van der Waals surface area contributed by atoms with Gasteiger partial charge in [0.2, 0.25) is 10.0 Å². The van der Waals surface area contributed by atoms with E-state index in [1.807, 2.05) is 4.72 Å². The number of nitrogens with one attached hydrogen (secondary N) is 1. The Balaban J connectivity index is 3.13. The van der Waals surface area contributed by atoms with Crippen LogP contribution < -0.4 is 4.72 Å². The zero-order valence-corrected chi connectivity index (χ0v) is 12.0. The van der Waals surface area contributed by atoms with Crippen LogP contribution in [-0.4, -0.2) is 26.0 Å². The van der Waals surface area contributed by atoms with E-state index >= 15 is 0 Å². The van der Waals surface area contributed by atoms with E-state index in [-0.39, 0.29) is 0 Å². The van der Waals surface area contributed by atoms with Gasteiger partial charge in [0.25, 0.3) is 0 Å². The van der Waals surface area contributed by atoms with Gasteiger partial charge in [0, 0.05) is 6.54 Å². The maximum Gasteiger partial charge on any atom is 0.416 e. The lowest BCUT2D eigenvalue weighted by Gasteiger charge is -2.15. The van der Waals surface area contributed by atoms with E-state index in [0.29, 0.717) is 0 Å². The average Bonchev–Trinajstić information content (AvgIpc) is 2.34. The number of carboxylic acid groups (broad SMARTS) is 1. The Morgan fingerprint density at radius 2 is 1.95 bits per heavy atom. The molecule has 2 N–H and O–H groups in total. The quantitative estimate of drug-likeness (QED) is 0.867. The zero-order valence-electron chi connectivity index (χ0n) is 11.2. The molecule has 1 unspecified atom stereocenters. The molecule has 0 aliphatic heterocycles. The topological polar surface area (TPSA) is 83.5 Å². The summed E-state index contributed by atoms with van der Waals surface area (Å²) in [7, 11) is -4.22. The Labute approximate surface area is 119 Å². The first-order valence-corrected chi connectivity index (χ1v) is 7.34. The Morgan fingerprint density at radius 3 is 2.43 bits per heavy atom. The van der Waals surface area contributed by atoms with Crippen LogP contribution in [0.2, 0.25) is 0 Å². The predicted molar refractivity (Wildman–Crippen MR) is 68.2 cm³/mol. The fourth-order valence-corrected chi connectivity index (χ4v) is 3.01. The summed E-state index contributed by atoms with van der Waals surface area (Å²) >= 11 is 0. The van der Waals surface area contributed by atoms with Gasteiger partial charge in [-0.3, -0.25) is 4.79 Å². The van der Waals surface area contributed by atoms with E-state index in [9.17, 15) is 26.4 Å². The van der Waals surface area contributed by atoms with Crippen LogP contribution in [0.1, 0.15) is 18.1 Å². The summed E-state index contributed by atoms with van der Waals surface area (Å²) in [5.41, 5.74) is -1.47. The van der Waals surface area contributed by atoms with Crippen LogP contribution in [0.3, 0.4) is 0 Å². The molecule has 1 aromatic carbocycles. The number of carbonyl (C=O) groups is 1. The molecule has 0 aliphatic rings. The molecule has 0 amide bonds. The van der Waals surface area contributed by atoms with Crippen molar-refractivity contribution in [3.8, 4) is 0 Å². The molecule has 1 aromatic rings. The van der Waals surface area contributed by atoms with E-state index in [0.717, 1.165) is 25.1 Å². The molecule has 0 radical (unpaired) electrons. The number of alkyl halides is 3. The van der Waals surface area contributed by atoms with Gasteiger partial charge in [-0.25, -0.2) is 13.1 Å². The Kier molecular flexibility index (Phi) is 5.00. The van der Waals surface area contributed by atoms with Crippen LogP contribution in [0, 0.1) is 12.8 Å². The van der Waals surface area contributed by atoms with Crippen molar-refractivity contribution in [2.45, 2.75) is 24.9 Å². The van der Waals surface area contributed by atoms with Gasteiger partial charge >= 0.3 is 12.1 Å². The summed E-state index contributed by atoms with van der Waals surface area (Å²) in [6, 6.07) is 2.82. The van der Waals surface area contributed by atoms with Gasteiger partial charge in [-0.15, -0.1) is 0 Å². The Morgan fingerprint density at radius 1 is 1.38 bits per heavy atom. The molecule has 0 aliphatic carbocycles. The van der Waals surface area contributed by atoms with Crippen molar-refractivity contribution >= 4 is 16.0 Å². The number of aliphatic carboxylic acids is 1. The van der Waals surface area contributed by atoms with Crippen molar-refractivity contribution in [2.75, 3.05) is 6.54 Å². The highest BCUT2D eigenvalue weighted by Gasteiger charge is 2.34. The second-order valence-corrected chi connectivity index (χ2v) is 6.25. The SMILES string of the molecule is Cc1c(C(F)(F)F)cccc1S(=O)(=O)NCC(C)C(=O)O. The van der Waals surface area contributed by atoms with Gasteiger partial charge in [0.15, 0.2) is 0 Å². The molecule has 118 valence electrons. The first kappa shape index (κ1) is 17.4. The number of sulfonamides is 1. The van der Waals surface area contributed by atoms with E-state index in [4.69, 9.17) is 5.11 Å². The van der Waals surface area contributed by atoms with E-state index < -0.39 is 50.7 Å². The number of halogens is 3. The van der Waals surface area contributed by atoms with Crippen molar-refractivity contribution in [1.82, 2.24) is 4.72 Å². The highest BCUT2D eigenvalue weighted by molar-refractivity contribution is 7.89. The van der Waals surface area contributed by atoms with Crippen LogP contribution in [0.25, 0.3) is 0 Å². The molecule has 0 bridgehead atoms. The molecular weight excluding hydrogens is 311 g/mol. The number of benzene rings is 1. The van der Waals surface area contributed by atoms with Gasteiger partial charge in [-0.2, -0.15) is 13.2 Å². The van der Waals surface area contributed by atoms with E-state index in [2.05, 4.69) is 0 Å². The molecule has 0 heterocycles. The largest absolute Gasteiger partial charge is 0.481 e.